The van der Waals surface area contributed by atoms with Crippen molar-refractivity contribution in [1.82, 2.24) is 4.57 Å². The number of carbonyl (C=O) groups is 1. The molecule has 1 heterocycles. The van der Waals surface area contributed by atoms with Crippen molar-refractivity contribution >= 4 is 12.2 Å². The molecule has 76 valence electrons. The highest BCUT2D eigenvalue weighted by molar-refractivity contribution is 5.74. The van der Waals surface area contributed by atoms with Gasteiger partial charge in [0.15, 0.2) is 0 Å². The standard InChI is InChI=1S/C11H15NO2/c1-5-9-7-6-8-12(9)10(13)14-11(2,3)4/h5-8H,1H2,2-4H3. The lowest BCUT2D eigenvalue weighted by atomic mass is 10.2. The number of ether oxygens (including phenoxy) is 1. The number of hydrogen-bond acceptors (Lipinski definition) is 2. The molecule has 1 aromatic heterocycles. The van der Waals surface area contributed by atoms with Gasteiger partial charge in [-0.05, 0) is 39.0 Å². The van der Waals surface area contributed by atoms with Crippen LogP contribution in [-0.2, 0) is 4.74 Å². The van der Waals surface area contributed by atoms with E-state index in [-0.39, 0.29) is 6.09 Å². The molecule has 3 heteroatoms. The molecular formula is C11H15NO2. The summed E-state index contributed by atoms with van der Waals surface area (Å²) in [7, 11) is 0. The van der Waals surface area contributed by atoms with E-state index in [0.717, 1.165) is 5.69 Å². The summed E-state index contributed by atoms with van der Waals surface area (Å²) in [5, 5.41) is 0. The summed E-state index contributed by atoms with van der Waals surface area (Å²) in [5.74, 6) is 0. The predicted molar refractivity (Wildman–Crippen MR) is 56.2 cm³/mol. The van der Waals surface area contributed by atoms with Crippen LogP contribution >= 0.6 is 0 Å². The zero-order valence-electron chi connectivity index (χ0n) is 8.78. The van der Waals surface area contributed by atoms with Crippen molar-refractivity contribution in [2.24, 2.45) is 0 Å². The first-order valence-electron chi connectivity index (χ1n) is 4.47. The molecule has 0 fully saturated rings. The Kier molecular flexibility index (Phi) is 2.79. The van der Waals surface area contributed by atoms with Gasteiger partial charge in [-0.15, -0.1) is 0 Å². The van der Waals surface area contributed by atoms with Crippen molar-refractivity contribution in [2.75, 3.05) is 0 Å². The molecular weight excluding hydrogens is 178 g/mol. The van der Waals surface area contributed by atoms with E-state index in [4.69, 9.17) is 4.74 Å². The van der Waals surface area contributed by atoms with Gasteiger partial charge >= 0.3 is 6.09 Å². The van der Waals surface area contributed by atoms with Crippen molar-refractivity contribution in [2.45, 2.75) is 26.4 Å². The summed E-state index contributed by atoms with van der Waals surface area (Å²) in [5.41, 5.74) is 0.263. The Morgan fingerprint density at radius 2 is 2.21 bits per heavy atom. The Balaban J connectivity index is 2.85. The molecule has 14 heavy (non-hydrogen) atoms. The Morgan fingerprint density at radius 1 is 1.57 bits per heavy atom. The minimum absolute atomic E-state index is 0.377. The van der Waals surface area contributed by atoms with Gasteiger partial charge in [-0.25, -0.2) is 4.79 Å². The maximum absolute atomic E-state index is 11.6. The summed E-state index contributed by atoms with van der Waals surface area (Å²) in [6.07, 6.45) is 2.90. The largest absolute Gasteiger partial charge is 0.443 e. The molecule has 0 aromatic carbocycles. The fraction of sp³-hybridized carbons (Fsp3) is 0.364. The molecule has 1 rings (SSSR count). The smallest absolute Gasteiger partial charge is 0.418 e. The zero-order valence-corrected chi connectivity index (χ0v) is 8.78. The van der Waals surface area contributed by atoms with Gasteiger partial charge in [0, 0.05) is 6.20 Å². The zero-order chi connectivity index (χ0) is 10.8. The second kappa shape index (κ2) is 3.70. The number of hydrogen-bond donors (Lipinski definition) is 0. The number of aromatic nitrogens is 1. The highest BCUT2D eigenvalue weighted by Crippen LogP contribution is 2.11. The van der Waals surface area contributed by atoms with Gasteiger partial charge in [-0.3, -0.25) is 4.57 Å². The predicted octanol–water partition coefficient (Wildman–Crippen LogP) is 2.91. The molecule has 0 radical (unpaired) electrons. The Hall–Kier alpha value is -1.51. The van der Waals surface area contributed by atoms with Gasteiger partial charge in [0.05, 0.1) is 5.69 Å². The second-order valence-electron chi connectivity index (χ2n) is 3.99. The normalized spacial score (nSPS) is 11.1. The van der Waals surface area contributed by atoms with Crippen molar-refractivity contribution in [1.29, 1.82) is 0 Å². The minimum Gasteiger partial charge on any atom is -0.443 e. The molecule has 0 unspecified atom stereocenters. The first-order chi connectivity index (χ1) is 6.44. The van der Waals surface area contributed by atoms with Gasteiger partial charge < -0.3 is 4.74 Å². The minimum atomic E-state index is -0.472. The average Bonchev–Trinajstić information content (AvgIpc) is 2.47. The van der Waals surface area contributed by atoms with Gasteiger partial charge in [0.1, 0.15) is 5.60 Å². The lowest BCUT2D eigenvalue weighted by Crippen LogP contribution is -2.27. The van der Waals surface area contributed by atoms with Gasteiger partial charge in [0.25, 0.3) is 0 Å². The number of nitrogens with zero attached hydrogens (tertiary/aromatic N) is 1. The summed E-state index contributed by atoms with van der Waals surface area (Å²) in [6, 6.07) is 3.58. The molecule has 0 saturated carbocycles. The van der Waals surface area contributed by atoms with E-state index in [1.165, 1.54) is 4.57 Å². The van der Waals surface area contributed by atoms with Crippen molar-refractivity contribution in [3.63, 3.8) is 0 Å². The molecule has 1 aromatic rings. The van der Waals surface area contributed by atoms with Crippen LogP contribution < -0.4 is 0 Å². The third kappa shape index (κ3) is 2.49. The summed E-state index contributed by atoms with van der Waals surface area (Å²) < 4.78 is 6.63. The number of carbonyl (C=O) groups excluding carboxylic acids is 1. The molecule has 0 amide bonds. The Morgan fingerprint density at radius 3 is 2.71 bits per heavy atom. The SMILES string of the molecule is C=Cc1cccn1C(=O)OC(C)(C)C. The van der Waals surface area contributed by atoms with Crippen LogP contribution in [0, 0.1) is 0 Å². The van der Waals surface area contributed by atoms with Crippen LogP contribution in [0.3, 0.4) is 0 Å². The van der Waals surface area contributed by atoms with Crippen LogP contribution in [-0.4, -0.2) is 16.3 Å². The monoisotopic (exact) mass is 193 g/mol. The van der Waals surface area contributed by atoms with Crippen LogP contribution in [0.5, 0.6) is 0 Å². The maximum Gasteiger partial charge on any atom is 0.418 e. The van der Waals surface area contributed by atoms with Crippen LogP contribution in [0.25, 0.3) is 6.08 Å². The van der Waals surface area contributed by atoms with E-state index in [2.05, 4.69) is 6.58 Å². The highest BCUT2D eigenvalue weighted by Gasteiger charge is 2.18. The first kappa shape index (κ1) is 10.6. The van der Waals surface area contributed by atoms with Crippen LogP contribution in [0.1, 0.15) is 26.5 Å². The van der Waals surface area contributed by atoms with Crippen molar-refractivity contribution < 1.29 is 9.53 Å². The Labute approximate surface area is 84.0 Å². The molecule has 0 aliphatic heterocycles. The Bertz CT molecular complexity index is 344. The van der Waals surface area contributed by atoms with Gasteiger partial charge in [0.2, 0.25) is 0 Å². The van der Waals surface area contributed by atoms with Crippen LogP contribution in [0.15, 0.2) is 24.9 Å². The molecule has 0 saturated heterocycles. The van der Waals surface area contributed by atoms with E-state index in [1.54, 1.807) is 24.4 Å². The highest BCUT2D eigenvalue weighted by atomic mass is 16.6. The maximum atomic E-state index is 11.6. The average molecular weight is 193 g/mol. The van der Waals surface area contributed by atoms with Crippen LogP contribution in [0.4, 0.5) is 4.79 Å². The van der Waals surface area contributed by atoms with Crippen LogP contribution in [0.2, 0.25) is 0 Å². The molecule has 0 bridgehead atoms. The van der Waals surface area contributed by atoms with E-state index in [0.29, 0.717) is 0 Å². The molecule has 0 aliphatic carbocycles. The summed E-state index contributed by atoms with van der Waals surface area (Å²) >= 11 is 0. The lowest BCUT2D eigenvalue weighted by Gasteiger charge is -2.19. The summed E-state index contributed by atoms with van der Waals surface area (Å²) in [4.78, 5) is 11.6. The molecule has 0 N–H and O–H groups in total. The molecule has 0 spiro atoms. The first-order valence-corrected chi connectivity index (χ1v) is 4.47. The number of rotatable bonds is 1. The van der Waals surface area contributed by atoms with E-state index >= 15 is 0 Å². The van der Waals surface area contributed by atoms with Gasteiger partial charge in [-0.1, -0.05) is 6.58 Å². The topological polar surface area (TPSA) is 31.2 Å². The third-order valence-electron chi connectivity index (χ3n) is 1.58. The van der Waals surface area contributed by atoms with Gasteiger partial charge in [-0.2, -0.15) is 0 Å². The van der Waals surface area contributed by atoms with E-state index in [9.17, 15) is 4.79 Å². The van der Waals surface area contributed by atoms with Crippen molar-refractivity contribution in [3.8, 4) is 0 Å². The molecule has 0 aliphatic rings. The molecule has 0 atom stereocenters. The quantitative estimate of drug-likeness (QED) is 0.686. The molecule has 3 nitrogen and oxygen atoms in total. The van der Waals surface area contributed by atoms with E-state index in [1.807, 2.05) is 20.8 Å². The summed E-state index contributed by atoms with van der Waals surface area (Å²) in [6.45, 7) is 9.12. The van der Waals surface area contributed by atoms with E-state index < -0.39 is 5.60 Å². The fourth-order valence-corrected chi connectivity index (χ4v) is 1.04. The fourth-order valence-electron chi connectivity index (χ4n) is 1.04. The third-order valence-corrected chi connectivity index (χ3v) is 1.58. The lowest BCUT2D eigenvalue weighted by molar-refractivity contribution is 0.0536. The second-order valence-corrected chi connectivity index (χ2v) is 3.99. The van der Waals surface area contributed by atoms with Crippen molar-refractivity contribution in [3.05, 3.63) is 30.6 Å².